The van der Waals surface area contributed by atoms with Gasteiger partial charge < -0.3 is 14.9 Å². The van der Waals surface area contributed by atoms with Crippen LogP contribution in [0.1, 0.15) is 32.7 Å². The van der Waals surface area contributed by atoms with E-state index in [0.717, 1.165) is 5.00 Å². The second-order valence-corrected chi connectivity index (χ2v) is 9.33. The molecule has 37 heavy (non-hydrogen) atoms. The second kappa shape index (κ2) is 11.6. The van der Waals surface area contributed by atoms with Gasteiger partial charge in [0, 0.05) is 31.3 Å². The number of amides is 2. The summed E-state index contributed by atoms with van der Waals surface area (Å²) < 4.78 is 13.4. The highest BCUT2D eigenvalue weighted by atomic mass is 32.1. The molecule has 0 atom stereocenters. The monoisotopic (exact) mass is 516 g/mol. The normalized spacial score (nSPS) is 10.6. The third kappa shape index (κ3) is 6.10. The van der Waals surface area contributed by atoms with Crippen LogP contribution in [0, 0.1) is 5.82 Å². The fourth-order valence-electron chi connectivity index (χ4n) is 4.01. The van der Waals surface area contributed by atoms with Crippen molar-refractivity contribution in [2.24, 2.45) is 0 Å². The molecule has 0 radical (unpaired) electrons. The van der Waals surface area contributed by atoms with E-state index in [9.17, 15) is 23.9 Å². The van der Waals surface area contributed by atoms with E-state index in [4.69, 9.17) is 0 Å². The molecule has 0 aliphatic heterocycles. The molecular weight excluding hydrogens is 491 g/mol. The number of rotatable bonds is 9. The number of carbonyl (C=O) groups excluding carboxylic acids is 2. The van der Waals surface area contributed by atoms with Crippen molar-refractivity contribution >= 4 is 34.1 Å². The largest absolute Gasteiger partial charge is 0.481 e. The predicted molar refractivity (Wildman–Crippen MR) is 142 cm³/mol. The molecule has 0 bridgehead atoms. The zero-order valence-electron chi connectivity index (χ0n) is 20.1. The molecule has 0 saturated heterocycles. The number of nitrogens with zero attached hydrogens (tertiary/aromatic N) is 2. The van der Waals surface area contributed by atoms with Gasteiger partial charge in [0.15, 0.2) is 0 Å². The van der Waals surface area contributed by atoms with Crippen LogP contribution in [0.2, 0.25) is 0 Å². The van der Waals surface area contributed by atoms with Crippen LogP contribution in [-0.4, -0.2) is 41.4 Å². The molecule has 0 spiro atoms. The van der Waals surface area contributed by atoms with Gasteiger partial charge >= 0.3 is 5.97 Å². The standard InChI is InChI=1S/C29H25FN2O4S/c1-31(26-11-6-18-37-26)28(35)24-9-4-2-7-22(24)23-8-3-5-10-25(23)29(36)32(17-16-27(33)34)19-20-12-14-21(30)15-13-20/h2-15,18H,16-17,19H2,1H3,(H,33,34). The lowest BCUT2D eigenvalue weighted by molar-refractivity contribution is -0.137. The maximum Gasteiger partial charge on any atom is 0.305 e. The number of hydrogen-bond donors (Lipinski definition) is 1. The van der Waals surface area contributed by atoms with Crippen LogP contribution in [0.4, 0.5) is 9.39 Å². The number of halogens is 1. The topological polar surface area (TPSA) is 77.9 Å². The lowest BCUT2D eigenvalue weighted by Crippen LogP contribution is -2.33. The first kappa shape index (κ1) is 25.8. The highest BCUT2D eigenvalue weighted by Crippen LogP contribution is 2.31. The van der Waals surface area contributed by atoms with Gasteiger partial charge in [0.25, 0.3) is 11.8 Å². The molecule has 0 aliphatic rings. The minimum atomic E-state index is -1.03. The first-order chi connectivity index (χ1) is 17.8. The van der Waals surface area contributed by atoms with Crippen molar-refractivity contribution in [3.8, 4) is 11.1 Å². The number of aliphatic carboxylic acids is 1. The first-order valence-corrected chi connectivity index (χ1v) is 12.5. The third-order valence-electron chi connectivity index (χ3n) is 5.92. The molecule has 4 aromatic rings. The van der Waals surface area contributed by atoms with Gasteiger partial charge in [-0.1, -0.05) is 48.5 Å². The van der Waals surface area contributed by atoms with E-state index in [0.29, 0.717) is 27.8 Å². The third-order valence-corrected chi connectivity index (χ3v) is 6.86. The SMILES string of the molecule is CN(C(=O)c1ccccc1-c1ccccc1C(=O)N(CCC(=O)O)Cc1ccc(F)cc1)c1cccs1. The molecule has 8 heteroatoms. The lowest BCUT2D eigenvalue weighted by Gasteiger charge is -2.24. The number of anilines is 1. The predicted octanol–water partition coefficient (Wildman–Crippen LogP) is 5.95. The molecule has 1 aromatic heterocycles. The Labute approximate surface area is 218 Å². The Morgan fingerprint density at radius 1 is 0.811 bits per heavy atom. The van der Waals surface area contributed by atoms with E-state index >= 15 is 0 Å². The van der Waals surface area contributed by atoms with E-state index in [2.05, 4.69) is 0 Å². The quantitative estimate of drug-likeness (QED) is 0.298. The van der Waals surface area contributed by atoms with E-state index < -0.39 is 11.8 Å². The summed E-state index contributed by atoms with van der Waals surface area (Å²) in [4.78, 5) is 41.5. The fourth-order valence-corrected chi connectivity index (χ4v) is 4.71. The van der Waals surface area contributed by atoms with E-state index in [-0.39, 0.29) is 31.3 Å². The van der Waals surface area contributed by atoms with Crippen molar-refractivity contribution in [1.82, 2.24) is 4.90 Å². The molecular formula is C29H25FN2O4S. The van der Waals surface area contributed by atoms with Gasteiger partial charge in [0.2, 0.25) is 0 Å². The Kier molecular flexibility index (Phi) is 8.10. The molecule has 2 amide bonds. The summed E-state index contributed by atoms with van der Waals surface area (Å²) in [5.74, 6) is -2.02. The molecule has 0 unspecified atom stereocenters. The molecule has 0 saturated carbocycles. The Morgan fingerprint density at radius 2 is 1.41 bits per heavy atom. The molecule has 1 heterocycles. The van der Waals surface area contributed by atoms with Crippen LogP contribution >= 0.6 is 11.3 Å². The number of carboxylic acids is 1. The summed E-state index contributed by atoms with van der Waals surface area (Å²) in [6, 6.07) is 23.5. The van der Waals surface area contributed by atoms with Crippen LogP contribution in [0.5, 0.6) is 0 Å². The number of carbonyl (C=O) groups is 3. The van der Waals surface area contributed by atoms with Gasteiger partial charge in [0.05, 0.1) is 11.4 Å². The number of thiophene rings is 1. The lowest BCUT2D eigenvalue weighted by atomic mass is 9.94. The number of benzene rings is 3. The van der Waals surface area contributed by atoms with Gasteiger partial charge in [-0.25, -0.2) is 4.39 Å². The van der Waals surface area contributed by atoms with Gasteiger partial charge in [-0.05, 0) is 58.5 Å². The van der Waals surface area contributed by atoms with Gasteiger partial charge in [-0.15, -0.1) is 11.3 Å². The van der Waals surface area contributed by atoms with Crippen molar-refractivity contribution in [2.75, 3.05) is 18.5 Å². The van der Waals surface area contributed by atoms with E-state index in [1.807, 2.05) is 17.5 Å². The Bertz CT molecular complexity index is 1400. The molecule has 6 nitrogen and oxygen atoms in total. The first-order valence-electron chi connectivity index (χ1n) is 11.6. The van der Waals surface area contributed by atoms with E-state index in [1.54, 1.807) is 72.6 Å². The van der Waals surface area contributed by atoms with E-state index in [1.165, 1.54) is 28.4 Å². The highest BCUT2D eigenvalue weighted by Gasteiger charge is 2.24. The van der Waals surface area contributed by atoms with Gasteiger partial charge in [-0.3, -0.25) is 14.4 Å². The molecule has 1 N–H and O–H groups in total. The molecule has 0 fully saturated rings. The Balaban J connectivity index is 1.71. The number of carboxylic acid groups (broad SMARTS) is 1. The summed E-state index contributed by atoms with van der Waals surface area (Å²) in [7, 11) is 1.71. The second-order valence-electron chi connectivity index (χ2n) is 8.40. The average molecular weight is 517 g/mol. The minimum Gasteiger partial charge on any atom is -0.481 e. The molecule has 4 rings (SSSR count). The van der Waals surface area contributed by atoms with Gasteiger partial charge in [-0.2, -0.15) is 0 Å². The summed E-state index contributed by atoms with van der Waals surface area (Å²) in [6.07, 6.45) is -0.240. The summed E-state index contributed by atoms with van der Waals surface area (Å²) >= 11 is 1.45. The van der Waals surface area contributed by atoms with Crippen LogP contribution in [-0.2, 0) is 11.3 Å². The number of hydrogen-bond acceptors (Lipinski definition) is 4. The Morgan fingerprint density at radius 3 is 1.97 bits per heavy atom. The summed E-state index contributed by atoms with van der Waals surface area (Å²) in [5.41, 5.74) is 2.62. The van der Waals surface area contributed by atoms with Crippen LogP contribution < -0.4 is 4.90 Å². The van der Waals surface area contributed by atoms with Gasteiger partial charge in [0.1, 0.15) is 5.82 Å². The summed E-state index contributed by atoms with van der Waals surface area (Å²) in [6.45, 7) is 0.0873. The van der Waals surface area contributed by atoms with Crippen LogP contribution in [0.15, 0.2) is 90.3 Å². The van der Waals surface area contributed by atoms with Crippen LogP contribution in [0.25, 0.3) is 11.1 Å². The summed E-state index contributed by atoms with van der Waals surface area (Å²) in [5, 5.41) is 11.9. The average Bonchev–Trinajstić information content (AvgIpc) is 3.46. The van der Waals surface area contributed by atoms with Crippen molar-refractivity contribution in [3.05, 3.63) is 113 Å². The van der Waals surface area contributed by atoms with Crippen LogP contribution in [0.3, 0.4) is 0 Å². The smallest absolute Gasteiger partial charge is 0.305 e. The van der Waals surface area contributed by atoms with Crippen molar-refractivity contribution in [1.29, 1.82) is 0 Å². The van der Waals surface area contributed by atoms with Crippen molar-refractivity contribution in [3.63, 3.8) is 0 Å². The molecule has 188 valence electrons. The van der Waals surface area contributed by atoms with Crippen molar-refractivity contribution < 1.29 is 23.9 Å². The highest BCUT2D eigenvalue weighted by molar-refractivity contribution is 7.14. The maximum atomic E-state index is 13.8. The maximum absolute atomic E-state index is 13.8. The Hall–Kier alpha value is -4.30. The zero-order chi connectivity index (χ0) is 26.4. The fraction of sp³-hybridized carbons (Fsp3) is 0.138. The minimum absolute atomic E-state index is 0.0262. The van der Waals surface area contributed by atoms with Crippen molar-refractivity contribution in [2.45, 2.75) is 13.0 Å². The molecule has 3 aromatic carbocycles. The zero-order valence-corrected chi connectivity index (χ0v) is 21.0. The molecule has 0 aliphatic carbocycles.